The molecule has 1 aliphatic heterocycles. The average Bonchev–Trinajstić information content (AvgIpc) is 2.75. The van der Waals surface area contributed by atoms with Crippen molar-refractivity contribution in [3.63, 3.8) is 0 Å². The predicted molar refractivity (Wildman–Crippen MR) is 81.5 cm³/mol. The molecule has 0 aliphatic carbocycles. The second kappa shape index (κ2) is 5.76. The molecular formula is C12H10Cl3NO4S. The zero-order chi connectivity index (χ0) is 15.9. The summed E-state index contributed by atoms with van der Waals surface area (Å²) in [6.07, 6.45) is 1.12. The Morgan fingerprint density at radius 1 is 1.43 bits per heavy atom. The lowest BCUT2D eigenvalue weighted by Gasteiger charge is -2.13. The predicted octanol–water partition coefficient (Wildman–Crippen LogP) is 3.29. The van der Waals surface area contributed by atoms with Gasteiger partial charge in [0, 0.05) is 18.2 Å². The van der Waals surface area contributed by atoms with Crippen molar-refractivity contribution in [2.45, 2.75) is 24.3 Å². The van der Waals surface area contributed by atoms with Crippen LogP contribution in [0.5, 0.6) is 0 Å². The van der Waals surface area contributed by atoms with Crippen LogP contribution in [0, 0.1) is 0 Å². The van der Waals surface area contributed by atoms with Gasteiger partial charge in [0.05, 0.1) is 26.2 Å². The van der Waals surface area contributed by atoms with E-state index >= 15 is 0 Å². The first kappa shape index (κ1) is 16.5. The number of oxime groups is 1. The quantitative estimate of drug-likeness (QED) is 0.765. The molecule has 1 aromatic carbocycles. The van der Waals surface area contributed by atoms with E-state index in [1.807, 2.05) is 0 Å². The molecule has 0 fully saturated rings. The molecule has 1 unspecified atom stereocenters. The number of carbonyl (C=O) groups is 1. The third-order valence-electron chi connectivity index (χ3n) is 2.87. The molecule has 0 amide bonds. The molecule has 21 heavy (non-hydrogen) atoms. The van der Waals surface area contributed by atoms with Gasteiger partial charge in [-0.3, -0.25) is 4.79 Å². The van der Waals surface area contributed by atoms with Crippen molar-refractivity contribution in [2.75, 3.05) is 6.26 Å². The summed E-state index contributed by atoms with van der Waals surface area (Å²) in [4.78, 5) is 16.3. The Morgan fingerprint density at radius 2 is 2.05 bits per heavy atom. The van der Waals surface area contributed by atoms with Crippen LogP contribution in [0.2, 0.25) is 10.0 Å². The van der Waals surface area contributed by atoms with Crippen LogP contribution in [0.1, 0.15) is 29.3 Å². The molecule has 0 bridgehead atoms. The first-order valence-electron chi connectivity index (χ1n) is 5.78. The lowest BCUT2D eigenvalue weighted by atomic mass is 10.0. The maximum absolute atomic E-state index is 12.0. The van der Waals surface area contributed by atoms with E-state index in [0.29, 0.717) is 12.1 Å². The van der Waals surface area contributed by atoms with E-state index in [-0.39, 0.29) is 32.2 Å². The van der Waals surface area contributed by atoms with Gasteiger partial charge >= 0.3 is 0 Å². The van der Waals surface area contributed by atoms with Crippen molar-refractivity contribution in [3.8, 4) is 0 Å². The minimum absolute atomic E-state index is 0.0695. The summed E-state index contributed by atoms with van der Waals surface area (Å²) < 4.78 is 24.0. The van der Waals surface area contributed by atoms with Gasteiger partial charge in [-0.05, 0) is 24.6 Å². The van der Waals surface area contributed by atoms with Gasteiger partial charge in [-0.25, -0.2) is 8.42 Å². The molecule has 1 aromatic rings. The molecule has 0 saturated heterocycles. The molecule has 5 nitrogen and oxygen atoms in total. The third-order valence-corrected chi connectivity index (χ3v) is 5.04. The molecule has 0 spiro atoms. The lowest BCUT2D eigenvalue weighted by molar-refractivity contribution is 0.0995. The molecule has 0 N–H and O–H groups in total. The van der Waals surface area contributed by atoms with Crippen molar-refractivity contribution >= 4 is 55.6 Å². The summed E-state index contributed by atoms with van der Waals surface area (Å²) in [5, 5.41) is 2.74. The lowest BCUT2D eigenvalue weighted by Crippen LogP contribution is -2.13. The number of hydrogen-bond acceptors (Lipinski definition) is 5. The zero-order valence-corrected chi connectivity index (χ0v) is 14.1. The highest BCUT2D eigenvalue weighted by Gasteiger charge is 2.31. The van der Waals surface area contributed by atoms with Gasteiger partial charge in [0.25, 0.3) is 5.24 Å². The Hall–Kier alpha value is -0.820. The maximum Gasteiger partial charge on any atom is 0.253 e. The van der Waals surface area contributed by atoms with Crippen LogP contribution < -0.4 is 0 Å². The van der Waals surface area contributed by atoms with Crippen LogP contribution in [0.15, 0.2) is 16.1 Å². The van der Waals surface area contributed by atoms with Crippen molar-refractivity contribution < 1.29 is 18.0 Å². The number of hydrogen-bond donors (Lipinski definition) is 0. The maximum atomic E-state index is 12.0. The Kier molecular flexibility index (Phi) is 4.54. The molecule has 2 rings (SSSR count). The molecule has 1 atom stereocenters. The Bertz CT molecular complexity index is 758. The summed E-state index contributed by atoms with van der Waals surface area (Å²) in [5.41, 5.74) is 0.308. The fourth-order valence-electron chi connectivity index (χ4n) is 2.02. The summed E-state index contributed by atoms with van der Waals surface area (Å²) in [5.74, 6) is 0. The van der Waals surface area contributed by atoms with Gasteiger partial charge in [0.2, 0.25) is 0 Å². The minimum atomic E-state index is -3.69. The summed E-state index contributed by atoms with van der Waals surface area (Å²) in [7, 11) is -3.69. The summed E-state index contributed by atoms with van der Waals surface area (Å²) >= 11 is 17.6. The van der Waals surface area contributed by atoms with Crippen molar-refractivity contribution in [1.29, 1.82) is 0 Å². The molecular weight excluding hydrogens is 361 g/mol. The van der Waals surface area contributed by atoms with Crippen molar-refractivity contribution in [1.82, 2.24) is 0 Å². The summed E-state index contributed by atoms with van der Waals surface area (Å²) in [6, 6.07) is 1.14. The smallest absolute Gasteiger partial charge is 0.253 e. The second-order valence-corrected chi connectivity index (χ2v) is 7.71. The van der Waals surface area contributed by atoms with E-state index in [9.17, 15) is 13.2 Å². The van der Waals surface area contributed by atoms with E-state index in [1.165, 1.54) is 0 Å². The van der Waals surface area contributed by atoms with Crippen molar-refractivity contribution in [2.24, 2.45) is 5.16 Å². The third kappa shape index (κ3) is 3.18. The van der Waals surface area contributed by atoms with E-state index in [1.54, 1.807) is 6.92 Å². The largest absolute Gasteiger partial charge is 0.392 e. The average molecular weight is 371 g/mol. The standard InChI is InChI=1S/C12H10Cl3NO4S/c1-5-3-8(16-20-5)9-10(14)6(12(15)17)4-7(13)11(9)21(2,18)19/h4-5H,3H2,1-2H3. The van der Waals surface area contributed by atoms with E-state index in [4.69, 9.17) is 39.6 Å². The van der Waals surface area contributed by atoms with Crippen LogP contribution >= 0.6 is 34.8 Å². The molecule has 9 heteroatoms. The Balaban J connectivity index is 2.84. The highest BCUT2D eigenvalue weighted by molar-refractivity contribution is 7.91. The second-order valence-electron chi connectivity index (χ2n) is 4.63. The summed E-state index contributed by atoms with van der Waals surface area (Å²) in [6.45, 7) is 1.77. The number of carbonyl (C=O) groups excluding carboxylic acids is 1. The number of nitrogens with zero attached hydrogens (tertiary/aromatic N) is 1. The number of rotatable bonds is 3. The van der Waals surface area contributed by atoms with Gasteiger partial charge in [0.15, 0.2) is 9.84 Å². The van der Waals surface area contributed by atoms with Crippen LogP contribution in [0.25, 0.3) is 0 Å². The van der Waals surface area contributed by atoms with Gasteiger partial charge in [-0.15, -0.1) is 0 Å². The minimum Gasteiger partial charge on any atom is -0.392 e. The zero-order valence-electron chi connectivity index (χ0n) is 11.0. The van der Waals surface area contributed by atoms with Gasteiger partial charge < -0.3 is 4.84 Å². The molecule has 1 aliphatic rings. The van der Waals surface area contributed by atoms with E-state index in [2.05, 4.69) is 5.16 Å². The molecule has 0 radical (unpaired) electrons. The SMILES string of the molecule is CC1CC(c2c(Cl)c(C(=O)Cl)cc(Cl)c2S(C)(=O)=O)=NO1. The normalized spacial score (nSPS) is 18.3. The van der Waals surface area contributed by atoms with Crippen LogP contribution in [-0.2, 0) is 14.7 Å². The monoisotopic (exact) mass is 369 g/mol. The fraction of sp³-hybridized carbons (Fsp3) is 0.333. The van der Waals surface area contributed by atoms with Gasteiger partial charge in [-0.2, -0.15) is 0 Å². The van der Waals surface area contributed by atoms with E-state index in [0.717, 1.165) is 12.3 Å². The van der Waals surface area contributed by atoms with Crippen molar-refractivity contribution in [3.05, 3.63) is 27.2 Å². The highest BCUT2D eigenvalue weighted by atomic mass is 35.5. The molecule has 0 aromatic heterocycles. The number of sulfone groups is 1. The molecule has 0 saturated carbocycles. The van der Waals surface area contributed by atoms with Crippen LogP contribution in [0.3, 0.4) is 0 Å². The Labute approximate surface area is 136 Å². The first-order chi connectivity index (χ1) is 9.62. The topological polar surface area (TPSA) is 72.8 Å². The first-order valence-corrected chi connectivity index (χ1v) is 8.80. The fourth-order valence-corrected chi connectivity index (χ4v) is 4.25. The van der Waals surface area contributed by atoms with Crippen LogP contribution in [-0.4, -0.2) is 31.7 Å². The van der Waals surface area contributed by atoms with Gasteiger partial charge in [-0.1, -0.05) is 28.4 Å². The highest BCUT2D eigenvalue weighted by Crippen LogP contribution is 2.37. The Morgan fingerprint density at radius 3 is 2.48 bits per heavy atom. The van der Waals surface area contributed by atoms with Gasteiger partial charge in [0.1, 0.15) is 6.10 Å². The number of halogens is 3. The van der Waals surface area contributed by atoms with E-state index < -0.39 is 15.1 Å². The van der Waals surface area contributed by atoms with Crippen LogP contribution in [0.4, 0.5) is 0 Å². The molecule has 114 valence electrons. The number of benzene rings is 1. The molecule has 1 heterocycles.